The average Bonchev–Trinajstić information content (AvgIpc) is 2.57. The minimum Gasteiger partial charge on any atom is -0.496 e. The number of nitrogens with zero attached hydrogens (tertiary/aromatic N) is 1. The number of ether oxygens (including phenoxy) is 1. The molecule has 16 heavy (non-hydrogen) atoms. The number of rotatable bonds is 2. The monoisotopic (exact) mass is 257 g/mol. The Hall–Kier alpha value is -1.39. The van der Waals surface area contributed by atoms with Crippen LogP contribution in [0.5, 0.6) is 5.75 Å². The quantitative estimate of drug-likeness (QED) is 0.870. The Bertz CT molecular complexity index is 525. The van der Waals surface area contributed by atoms with Crippen LogP contribution in [0, 0.1) is 0 Å². The minimum atomic E-state index is 0.252. The van der Waals surface area contributed by atoms with Gasteiger partial charge in [-0.05, 0) is 18.2 Å². The van der Waals surface area contributed by atoms with Crippen molar-refractivity contribution in [3.8, 4) is 17.0 Å². The Balaban J connectivity index is 2.62. The molecule has 0 aliphatic rings. The van der Waals surface area contributed by atoms with E-state index in [9.17, 15) is 0 Å². The summed E-state index contributed by atoms with van der Waals surface area (Å²) in [5, 5.41) is 0.937. The summed E-state index contributed by atoms with van der Waals surface area (Å²) in [7, 11) is 1.57. The molecule has 0 aliphatic carbocycles. The van der Waals surface area contributed by atoms with Gasteiger partial charge in [0.15, 0.2) is 5.95 Å². The first-order chi connectivity index (χ1) is 7.61. The van der Waals surface area contributed by atoms with Gasteiger partial charge >= 0.3 is 0 Å². The number of hydrogen-bond donors (Lipinski definition) is 2. The molecule has 0 aliphatic heterocycles. The van der Waals surface area contributed by atoms with Crippen molar-refractivity contribution >= 4 is 29.2 Å². The lowest BCUT2D eigenvalue weighted by Gasteiger charge is -2.06. The second-order valence-electron chi connectivity index (χ2n) is 3.13. The number of nitrogens with one attached hydrogen (secondary N) is 1. The maximum atomic E-state index is 5.96. The summed E-state index contributed by atoms with van der Waals surface area (Å²) in [4.78, 5) is 6.79. The van der Waals surface area contributed by atoms with Crippen LogP contribution >= 0.6 is 23.2 Å². The summed E-state index contributed by atoms with van der Waals surface area (Å²) in [5.41, 5.74) is 6.75. The van der Waals surface area contributed by atoms with Gasteiger partial charge in [-0.1, -0.05) is 23.2 Å². The number of imidazole rings is 1. The van der Waals surface area contributed by atoms with Crippen LogP contribution in [0.15, 0.2) is 18.2 Å². The maximum Gasteiger partial charge on any atom is 0.199 e. The normalized spacial score (nSPS) is 10.4. The van der Waals surface area contributed by atoms with Gasteiger partial charge in [0.25, 0.3) is 0 Å². The van der Waals surface area contributed by atoms with Crippen molar-refractivity contribution in [3.63, 3.8) is 0 Å². The van der Waals surface area contributed by atoms with Crippen molar-refractivity contribution < 1.29 is 4.74 Å². The summed E-state index contributed by atoms with van der Waals surface area (Å²) >= 11 is 11.9. The molecule has 2 rings (SSSR count). The molecule has 84 valence electrons. The van der Waals surface area contributed by atoms with E-state index in [1.54, 1.807) is 25.3 Å². The molecule has 1 aromatic heterocycles. The third-order valence-electron chi connectivity index (χ3n) is 2.09. The van der Waals surface area contributed by atoms with Crippen LogP contribution in [0.2, 0.25) is 10.2 Å². The molecule has 0 unspecified atom stereocenters. The number of halogens is 2. The molecule has 0 fully saturated rings. The van der Waals surface area contributed by atoms with Crippen LogP contribution < -0.4 is 10.5 Å². The number of aromatic amines is 1. The predicted octanol–water partition coefficient (Wildman–Crippen LogP) is 2.97. The fourth-order valence-corrected chi connectivity index (χ4v) is 1.83. The third-order valence-corrected chi connectivity index (χ3v) is 2.60. The third kappa shape index (κ3) is 1.94. The largest absolute Gasteiger partial charge is 0.496 e. The van der Waals surface area contributed by atoms with E-state index in [-0.39, 0.29) is 5.95 Å². The molecule has 4 nitrogen and oxygen atoms in total. The minimum absolute atomic E-state index is 0.252. The zero-order valence-electron chi connectivity index (χ0n) is 8.42. The van der Waals surface area contributed by atoms with Gasteiger partial charge in [-0.25, -0.2) is 4.98 Å². The average molecular weight is 258 g/mol. The summed E-state index contributed by atoms with van der Waals surface area (Å²) < 4.78 is 5.21. The Labute approximate surface area is 102 Å². The Kier molecular flexibility index (Phi) is 2.94. The molecular weight excluding hydrogens is 249 g/mol. The topological polar surface area (TPSA) is 63.9 Å². The highest BCUT2D eigenvalue weighted by Crippen LogP contribution is 2.35. The highest BCUT2D eigenvalue weighted by atomic mass is 35.5. The second kappa shape index (κ2) is 4.23. The van der Waals surface area contributed by atoms with E-state index in [0.717, 1.165) is 0 Å². The molecule has 0 atom stereocenters. The van der Waals surface area contributed by atoms with Gasteiger partial charge in [0.2, 0.25) is 0 Å². The molecular formula is C10H9Cl2N3O. The summed E-state index contributed by atoms with van der Waals surface area (Å²) in [5.74, 6) is 0.889. The van der Waals surface area contributed by atoms with E-state index in [1.165, 1.54) is 0 Å². The fourth-order valence-electron chi connectivity index (χ4n) is 1.41. The molecule has 0 saturated heterocycles. The lowest BCUT2D eigenvalue weighted by molar-refractivity contribution is 0.416. The fraction of sp³-hybridized carbons (Fsp3) is 0.100. The zero-order valence-corrected chi connectivity index (χ0v) is 9.93. The Morgan fingerprint density at radius 2 is 2.12 bits per heavy atom. The second-order valence-corrected chi connectivity index (χ2v) is 3.94. The SMILES string of the molecule is COc1ccc(Cl)cc1-c1nc(N)[nH]c1Cl. The van der Waals surface area contributed by atoms with Gasteiger partial charge in [0.1, 0.15) is 16.6 Å². The van der Waals surface area contributed by atoms with Crippen LogP contribution in [0.4, 0.5) is 5.95 Å². The lowest BCUT2D eigenvalue weighted by Crippen LogP contribution is -1.89. The van der Waals surface area contributed by atoms with Crippen LogP contribution in [-0.4, -0.2) is 17.1 Å². The van der Waals surface area contributed by atoms with E-state index >= 15 is 0 Å². The summed E-state index contributed by atoms with van der Waals surface area (Å²) in [6.45, 7) is 0. The van der Waals surface area contributed by atoms with E-state index in [0.29, 0.717) is 27.2 Å². The molecule has 0 saturated carbocycles. The molecule has 1 aromatic carbocycles. The van der Waals surface area contributed by atoms with E-state index in [4.69, 9.17) is 33.7 Å². The molecule has 0 amide bonds. The van der Waals surface area contributed by atoms with Crippen molar-refractivity contribution in [2.45, 2.75) is 0 Å². The molecule has 3 N–H and O–H groups in total. The molecule has 0 bridgehead atoms. The highest BCUT2D eigenvalue weighted by Gasteiger charge is 2.14. The van der Waals surface area contributed by atoms with Crippen molar-refractivity contribution in [2.75, 3.05) is 12.8 Å². The van der Waals surface area contributed by atoms with Crippen LogP contribution in [0.25, 0.3) is 11.3 Å². The van der Waals surface area contributed by atoms with E-state index in [2.05, 4.69) is 9.97 Å². The van der Waals surface area contributed by atoms with E-state index in [1.807, 2.05) is 0 Å². The molecule has 6 heteroatoms. The zero-order chi connectivity index (χ0) is 11.7. The van der Waals surface area contributed by atoms with E-state index < -0.39 is 0 Å². The first-order valence-electron chi connectivity index (χ1n) is 4.46. The number of benzene rings is 1. The molecule has 0 spiro atoms. The Morgan fingerprint density at radius 3 is 2.69 bits per heavy atom. The van der Waals surface area contributed by atoms with Crippen LogP contribution in [-0.2, 0) is 0 Å². The predicted molar refractivity (Wildman–Crippen MR) is 65.0 cm³/mol. The summed E-state index contributed by atoms with van der Waals surface area (Å²) in [6.07, 6.45) is 0. The van der Waals surface area contributed by atoms with Gasteiger partial charge in [-0.15, -0.1) is 0 Å². The first-order valence-corrected chi connectivity index (χ1v) is 5.22. The smallest absolute Gasteiger partial charge is 0.199 e. The number of aromatic nitrogens is 2. The van der Waals surface area contributed by atoms with Gasteiger partial charge in [0, 0.05) is 10.6 Å². The van der Waals surface area contributed by atoms with Crippen molar-refractivity contribution in [1.29, 1.82) is 0 Å². The number of H-pyrrole nitrogens is 1. The standard InChI is InChI=1S/C10H9Cl2N3O/c1-16-7-3-2-5(11)4-6(7)8-9(12)15-10(13)14-8/h2-4H,1H3,(H3,13,14,15). The van der Waals surface area contributed by atoms with Crippen LogP contribution in [0.1, 0.15) is 0 Å². The van der Waals surface area contributed by atoms with Gasteiger partial charge in [-0.3, -0.25) is 0 Å². The number of anilines is 1. The van der Waals surface area contributed by atoms with Crippen molar-refractivity contribution in [3.05, 3.63) is 28.4 Å². The molecule has 0 radical (unpaired) electrons. The number of nitrogen functional groups attached to an aromatic ring is 1. The van der Waals surface area contributed by atoms with Gasteiger partial charge in [0.05, 0.1) is 7.11 Å². The first kappa shape index (κ1) is 11.1. The highest BCUT2D eigenvalue weighted by molar-refractivity contribution is 6.33. The van der Waals surface area contributed by atoms with Gasteiger partial charge < -0.3 is 15.5 Å². The number of hydrogen-bond acceptors (Lipinski definition) is 3. The summed E-state index contributed by atoms with van der Waals surface area (Å²) in [6, 6.07) is 5.20. The molecule has 2 aromatic rings. The number of nitrogens with two attached hydrogens (primary N) is 1. The van der Waals surface area contributed by atoms with Crippen LogP contribution in [0.3, 0.4) is 0 Å². The lowest BCUT2D eigenvalue weighted by atomic mass is 10.1. The Morgan fingerprint density at radius 1 is 1.38 bits per heavy atom. The van der Waals surface area contributed by atoms with Gasteiger partial charge in [-0.2, -0.15) is 0 Å². The maximum absolute atomic E-state index is 5.96. The van der Waals surface area contributed by atoms with Crippen molar-refractivity contribution in [1.82, 2.24) is 9.97 Å². The number of methoxy groups -OCH3 is 1. The molecule has 1 heterocycles. The van der Waals surface area contributed by atoms with Crippen molar-refractivity contribution in [2.24, 2.45) is 0 Å².